The number of morpholine rings is 1. The van der Waals surface area contributed by atoms with E-state index < -0.39 is 45.2 Å². The predicted molar refractivity (Wildman–Crippen MR) is 162 cm³/mol. The molecule has 1 aliphatic rings. The van der Waals surface area contributed by atoms with Crippen molar-refractivity contribution in [3.63, 3.8) is 0 Å². The molecular weight excluding hydrogens is 586 g/mol. The molecule has 4 aromatic rings. The summed E-state index contributed by atoms with van der Waals surface area (Å²) in [6, 6.07) is 20.5. The van der Waals surface area contributed by atoms with Crippen LogP contribution in [0, 0.1) is 0 Å². The van der Waals surface area contributed by atoms with Crippen LogP contribution < -0.4 is 10.6 Å². The predicted octanol–water partition coefficient (Wildman–Crippen LogP) is 2.72. The molecule has 1 aliphatic heterocycles. The quantitative estimate of drug-likeness (QED) is 0.227. The lowest BCUT2D eigenvalue weighted by Gasteiger charge is -2.27. The number of ketones is 1. The highest BCUT2D eigenvalue weighted by Crippen LogP contribution is 2.26. The number of carbonyl (C=O) groups excluding carboxylic acids is 3. The molecule has 3 amide bonds. The first-order valence-electron chi connectivity index (χ1n) is 14.3. The Morgan fingerprint density at radius 3 is 2.36 bits per heavy atom. The van der Waals surface area contributed by atoms with Crippen LogP contribution in [-0.4, -0.2) is 85.6 Å². The molecule has 0 aliphatic carbocycles. The summed E-state index contributed by atoms with van der Waals surface area (Å²) in [5, 5.41) is 3.70. The molecule has 13 heteroatoms. The van der Waals surface area contributed by atoms with Gasteiger partial charge < -0.3 is 24.7 Å². The molecule has 230 valence electrons. The molecule has 2 N–H and O–H groups in total. The molecule has 5 rings (SSSR count). The number of pyridine rings is 1. The zero-order valence-electron chi connectivity index (χ0n) is 23.9. The maximum atomic E-state index is 13.6. The molecule has 2 unspecified atom stereocenters. The van der Waals surface area contributed by atoms with E-state index in [2.05, 4.69) is 20.6 Å². The Labute approximate surface area is 254 Å². The number of aromatic nitrogens is 2. The fraction of sp³-hybridized carbons (Fsp3) is 0.323. The van der Waals surface area contributed by atoms with Gasteiger partial charge in [0.05, 0.1) is 30.6 Å². The van der Waals surface area contributed by atoms with Crippen molar-refractivity contribution in [3.8, 4) is 0 Å². The van der Waals surface area contributed by atoms with Crippen LogP contribution in [0.25, 0.3) is 11.1 Å². The Bertz CT molecular complexity index is 1660. The Morgan fingerprint density at radius 1 is 0.909 bits per heavy atom. The van der Waals surface area contributed by atoms with Crippen LogP contribution in [0.5, 0.6) is 0 Å². The molecule has 0 bridgehead atoms. The van der Waals surface area contributed by atoms with Crippen molar-refractivity contribution in [1.29, 1.82) is 0 Å². The van der Waals surface area contributed by atoms with E-state index in [1.807, 2.05) is 6.07 Å². The van der Waals surface area contributed by atoms with Crippen molar-refractivity contribution in [1.82, 2.24) is 25.5 Å². The van der Waals surface area contributed by atoms with Gasteiger partial charge in [0.1, 0.15) is 5.52 Å². The minimum Gasteiger partial charge on any atom is -0.434 e. The number of fused-ring (bicyclic) bond motifs is 1. The van der Waals surface area contributed by atoms with E-state index in [0.717, 1.165) is 0 Å². The third-order valence-corrected chi connectivity index (χ3v) is 9.24. The smallest absolute Gasteiger partial charge is 0.317 e. The molecule has 0 saturated carbocycles. The minimum atomic E-state index is -4.10. The zero-order chi connectivity index (χ0) is 30.9. The van der Waals surface area contributed by atoms with E-state index in [4.69, 9.17) is 9.15 Å². The first kappa shape index (κ1) is 30.8. The van der Waals surface area contributed by atoms with Gasteiger partial charge in [-0.1, -0.05) is 48.5 Å². The molecule has 3 heterocycles. The summed E-state index contributed by atoms with van der Waals surface area (Å²) < 4.78 is 37.9. The van der Waals surface area contributed by atoms with Crippen molar-refractivity contribution in [2.24, 2.45) is 0 Å². The SMILES string of the molecule is O=C(c1nc2ccccc2o1)C(CCNC(=O)C(CNC(=O)N1CCOCC1)S(=O)(=O)Cc1ccccn1)c1ccccc1. The van der Waals surface area contributed by atoms with Crippen LogP contribution in [0.15, 0.2) is 83.4 Å². The highest BCUT2D eigenvalue weighted by Gasteiger charge is 2.34. The molecule has 1 saturated heterocycles. The lowest BCUT2D eigenvalue weighted by molar-refractivity contribution is -0.120. The Kier molecular flexibility index (Phi) is 9.97. The number of nitrogens with one attached hydrogen (secondary N) is 2. The average molecular weight is 620 g/mol. The number of para-hydroxylation sites is 2. The molecule has 0 spiro atoms. The van der Waals surface area contributed by atoms with Gasteiger partial charge >= 0.3 is 6.03 Å². The maximum Gasteiger partial charge on any atom is 0.317 e. The summed E-state index contributed by atoms with van der Waals surface area (Å²) in [6.07, 6.45) is 1.62. The number of urea groups is 1. The van der Waals surface area contributed by atoms with Crippen molar-refractivity contribution in [2.45, 2.75) is 23.3 Å². The van der Waals surface area contributed by atoms with E-state index in [-0.39, 0.29) is 30.3 Å². The summed E-state index contributed by atoms with van der Waals surface area (Å²) in [7, 11) is -4.10. The number of benzene rings is 2. The van der Waals surface area contributed by atoms with Crippen LogP contribution in [0.4, 0.5) is 4.79 Å². The fourth-order valence-electron chi connectivity index (χ4n) is 4.95. The highest BCUT2D eigenvalue weighted by molar-refractivity contribution is 7.92. The molecule has 2 aromatic carbocycles. The van der Waals surface area contributed by atoms with Crippen molar-refractivity contribution in [2.75, 3.05) is 39.4 Å². The standard InChI is InChI=1S/C31H33N5O7S/c37-28(30-35-25-11-4-5-12-26(25)43-30)24(22-8-2-1-3-9-22)13-15-33-29(38)27(20-34-31(39)36-16-18-42-19-17-36)44(40,41)21-23-10-6-7-14-32-23/h1-12,14,24,27H,13,15-21H2,(H,33,38)(H,34,39). The van der Waals surface area contributed by atoms with Gasteiger partial charge in [-0.15, -0.1) is 0 Å². The van der Waals surface area contributed by atoms with Gasteiger partial charge in [0, 0.05) is 32.4 Å². The second kappa shape index (κ2) is 14.2. The maximum absolute atomic E-state index is 13.6. The number of oxazole rings is 1. The first-order valence-corrected chi connectivity index (χ1v) is 16.0. The topological polar surface area (TPSA) is 161 Å². The number of hydrogen-bond donors (Lipinski definition) is 2. The number of hydrogen-bond acceptors (Lipinski definition) is 9. The van der Waals surface area contributed by atoms with Crippen LogP contribution >= 0.6 is 0 Å². The number of nitrogens with zero attached hydrogens (tertiary/aromatic N) is 3. The third kappa shape index (κ3) is 7.66. The summed E-state index contributed by atoms with van der Waals surface area (Å²) >= 11 is 0. The number of carbonyl (C=O) groups is 3. The van der Waals surface area contributed by atoms with Gasteiger partial charge in [-0.2, -0.15) is 0 Å². The fourth-order valence-corrected chi connectivity index (χ4v) is 6.48. The minimum absolute atomic E-state index is 0.0165. The molecule has 2 aromatic heterocycles. The lowest BCUT2D eigenvalue weighted by Crippen LogP contribution is -2.52. The molecule has 2 atom stereocenters. The molecular formula is C31H33N5O7S. The summed E-state index contributed by atoms with van der Waals surface area (Å²) in [6.45, 7) is 1.02. The van der Waals surface area contributed by atoms with Crippen LogP contribution in [0.1, 0.15) is 34.3 Å². The van der Waals surface area contributed by atoms with Crippen LogP contribution in [0.2, 0.25) is 0 Å². The molecule has 0 radical (unpaired) electrons. The van der Waals surface area contributed by atoms with Gasteiger partial charge in [0.15, 0.2) is 20.7 Å². The van der Waals surface area contributed by atoms with E-state index in [0.29, 0.717) is 43.0 Å². The van der Waals surface area contributed by atoms with E-state index in [9.17, 15) is 22.8 Å². The molecule has 12 nitrogen and oxygen atoms in total. The largest absolute Gasteiger partial charge is 0.434 e. The van der Waals surface area contributed by atoms with Crippen LogP contribution in [-0.2, 0) is 25.1 Å². The van der Waals surface area contributed by atoms with Gasteiger partial charge in [-0.3, -0.25) is 14.6 Å². The molecule has 44 heavy (non-hydrogen) atoms. The summed E-state index contributed by atoms with van der Waals surface area (Å²) in [5.74, 6) is -2.40. The number of amides is 3. The average Bonchev–Trinajstić information content (AvgIpc) is 3.48. The third-order valence-electron chi connectivity index (χ3n) is 7.29. The number of ether oxygens (including phenoxy) is 1. The lowest BCUT2D eigenvalue weighted by atomic mass is 9.91. The van der Waals surface area contributed by atoms with Crippen molar-refractivity contribution < 1.29 is 32.0 Å². The normalized spacial score (nSPS) is 15.0. The summed E-state index contributed by atoms with van der Waals surface area (Å²) in [4.78, 5) is 49.7. The second-order valence-corrected chi connectivity index (χ2v) is 12.5. The van der Waals surface area contributed by atoms with Crippen LogP contribution in [0.3, 0.4) is 0 Å². The van der Waals surface area contributed by atoms with E-state index >= 15 is 0 Å². The van der Waals surface area contributed by atoms with Crippen molar-refractivity contribution >= 4 is 38.7 Å². The Balaban J connectivity index is 1.30. The Morgan fingerprint density at radius 2 is 1.64 bits per heavy atom. The number of Topliss-reactive ketones (excluding diaryl/α,β-unsaturated/α-hetero) is 1. The van der Waals surface area contributed by atoms with Gasteiger partial charge in [-0.05, 0) is 36.2 Å². The number of rotatable bonds is 12. The van der Waals surface area contributed by atoms with Gasteiger partial charge in [0.2, 0.25) is 11.7 Å². The number of sulfone groups is 1. The van der Waals surface area contributed by atoms with E-state index in [1.165, 1.54) is 11.1 Å². The van der Waals surface area contributed by atoms with E-state index in [1.54, 1.807) is 66.7 Å². The second-order valence-electron chi connectivity index (χ2n) is 10.3. The first-order chi connectivity index (χ1) is 21.3. The molecule has 1 fully saturated rings. The van der Waals surface area contributed by atoms with Crippen molar-refractivity contribution in [3.05, 3.63) is 96.1 Å². The monoisotopic (exact) mass is 619 g/mol. The Hall–Kier alpha value is -4.62. The van der Waals surface area contributed by atoms with Gasteiger partial charge in [0.25, 0.3) is 5.89 Å². The highest BCUT2D eigenvalue weighted by atomic mass is 32.2. The van der Waals surface area contributed by atoms with Gasteiger partial charge in [-0.25, -0.2) is 18.2 Å². The summed E-state index contributed by atoms with van der Waals surface area (Å²) in [5.41, 5.74) is 2.01. The zero-order valence-corrected chi connectivity index (χ0v) is 24.7.